The van der Waals surface area contributed by atoms with Crippen molar-refractivity contribution in [2.75, 3.05) is 19.6 Å². The molecule has 0 aromatic heterocycles. The van der Waals surface area contributed by atoms with Crippen LogP contribution in [0.15, 0.2) is 30.3 Å². The average molecular weight is 246 g/mol. The summed E-state index contributed by atoms with van der Waals surface area (Å²) in [6.07, 6.45) is 5.42. The highest BCUT2D eigenvalue weighted by atomic mass is 15.1. The smallest absolute Gasteiger partial charge is 0.0233 e. The molecule has 0 aliphatic carbocycles. The molecule has 1 aromatic rings. The van der Waals surface area contributed by atoms with Gasteiger partial charge in [0.2, 0.25) is 0 Å². The SMILES string of the molecule is CCN(CC[C@H]1CCCCN1)Cc1ccccc1. The van der Waals surface area contributed by atoms with Crippen LogP contribution in [0.2, 0.25) is 0 Å². The van der Waals surface area contributed by atoms with E-state index in [1.54, 1.807) is 0 Å². The molecule has 0 saturated carbocycles. The maximum absolute atomic E-state index is 3.64. The van der Waals surface area contributed by atoms with Crippen LogP contribution in [-0.2, 0) is 6.54 Å². The minimum Gasteiger partial charge on any atom is -0.314 e. The van der Waals surface area contributed by atoms with Gasteiger partial charge in [-0.1, -0.05) is 43.7 Å². The van der Waals surface area contributed by atoms with Crippen molar-refractivity contribution in [3.8, 4) is 0 Å². The van der Waals surface area contributed by atoms with Gasteiger partial charge in [0.1, 0.15) is 0 Å². The van der Waals surface area contributed by atoms with Crippen molar-refractivity contribution in [2.45, 2.75) is 45.2 Å². The van der Waals surface area contributed by atoms with E-state index in [-0.39, 0.29) is 0 Å². The van der Waals surface area contributed by atoms with Crippen molar-refractivity contribution < 1.29 is 0 Å². The summed E-state index contributed by atoms with van der Waals surface area (Å²) in [6.45, 7) is 6.92. The molecule has 0 unspecified atom stereocenters. The van der Waals surface area contributed by atoms with Crippen LogP contribution >= 0.6 is 0 Å². The number of benzene rings is 1. The zero-order valence-corrected chi connectivity index (χ0v) is 11.6. The molecule has 0 radical (unpaired) electrons. The summed E-state index contributed by atoms with van der Waals surface area (Å²) in [5, 5.41) is 3.64. The molecule has 0 spiro atoms. The summed E-state index contributed by atoms with van der Waals surface area (Å²) in [6, 6.07) is 11.6. The van der Waals surface area contributed by atoms with E-state index in [0.29, 0.717) is 0 Å². The van der Waals surface area contributed by atoms with Crippen molar-refractivity contribution in [1.82, 2.24) is 10.2 Å². The molecular formula is C16H26N2. The minimum absolute atomic E-state index is 0.753. The first-order chi connectivity index (χ1) is 8.88. The molecule has 2 nitrogen and oxygen atoms in total. The highest BCUT2D eigenvalue weighted by Crippen LogP contribution is 2.12. The van der Waals surface area contributed by atoms with E-state index in [9.17, 15) is 0 Å². The Bertz CT molecular complexity index is 317. The molecule has 100 valence electrons. The van der Waals surface area contributed by atoms with Crippen LogP contribution in [0, 0.1) is 0 Å². The van der Waals surface area contributed by atoms with Crippen LogP contribution in [0.3, 0.4) is 0 Å². The molecule has 0 amide bonds. The van der Waals surface area contributed by atoms with Crippen molar-refractivity contribution in [3.05, 3.63) is 35.9 Å². The number of nitrogens with zero attached hydrogens (tertiary/aromatic N) is 1. The Balaban J connectivity index is 1.75. The van der Waals surface area contributed by atoms with Crippen LogP contribution < -0.4 is 5.32 Å². The zero-order chi connectivity index (χ0) is 12.6. The number of rotatable bonds is 6. The maximum Gasteiger partial charge on any atom is 0.0233 e. The van der Waals surface area contributed by atoms with Gasteiger partial charge in [-0.05, 0) is 44.5 Å². The number of hydrogen-bond acceptors (Lipinski definition) is 2. The van der Waals surface area contributed by atoms with Crippen LogP contribution in [-0.4, -0.2) is 30.6 Å². The lowest BCUT2D eigenvalue weighted by atomic mass is 10.0. The van der Waals surface area contributed by atoms with E-state index in [1.165, 1.54) is 44.3 Å². The van der Waals surface area contributed by atoms with Crippen molar-refractivity contribution in [2.24, 2.45) is 0 Å². The minimum atomic E-state index is 0.753. The van der Waals surface area contributed by atoms with Crippen LogP contribution in [0.1, 0.15) is 38.2 Å². The Morgan fingerprint density at radius 3 is 2.72 bits per heavy atom. The quantitative estimate of drug-likeness (QED) is 0.830. The molecule has 1 aliphatic rings. The highest BCUT2D eigenvalue weighted by Gasteiger charge is 2.13. The van der Waals surface area contributed by atoms with Gasteiger partial charge in [0.25, 0.3) is 0 Å². The standard InChI is InChI=1S/C16H26N2/c1-2-18(14-15-8-4-3-5-9-15)13-11-16-10-6-7-12-17-16/h3-5,8-9,16-17H,2,6-7,10-14H2,1H3/t16-/m1/s1. The summed E-state index contributed by atoms with van der Waals surface area (Å²) in [5.41, 5.74) is 1.43. The van der Waals surface area contributed by atoms with E-state index in [0.717, 1.165) is 19.1 Å². The van der Waals surface area contributed by atoms with E-state index in [2.05, 4.69) is 47.5 Å². The Kier molecular flexibility index (Phi) is 5.69. The van der Waals surface area contributed by atoms with Gasteiger partial charge in [0.15, 0.2) is 0 Å². The second-order valence-corrected chi connectivity index (χ2v) is 5.29. The Morgan fingerprint density at radius 2 is 2.06 bits per heavy atom. The third-order valence-electron chi connectivity index (χ3n) is 3.90. The normalized spacial score (nSPS) is 20.2. The summed E-state index contributed by atoms with van der Waals surface area (Å²) in [7, 11) is 0. The zero-order valence-electron chi connectivity index (χ0n) is 11.6. The van der Waals surface area contributed by atoms with Gasteiger partial charge >= 0.3 is 0 Å². The third kappa shape index (κ3) is 4.43. The third-order valence-corrected chi connectivity index (χ3v) is 3.90. The van der Waals surface area contributed by atoms with E-state index >= 15 is 0 Å². The largest absolute Gasteiger partial charge is 0.314 e. The summed E-state index contributed by atoms with van der Waals surface area (Å²) in [4.78, 5) is 2.55. The molecule has 1 fully saturated rings. The van der Waals surface area contributed by atoms with Gasteiger partial charge in [-0.2, -0.15) is 0 Å². The second kappa shape index (κ2) is 7.55. The Hall–Kier alpha value is -0.860. The predicted octanol–water partition coefficient (Wildman–Crippen LogP) is 3.04. The van der Waals surface area contributed by atoms with Crippen molar-refractivity contribution in [3.63, 3.8) is 0 Å². The molecule has 1 aromatic carbocycles. The van der Waals surface area contributed by atoms with E-state index < -0.39 is 0 Å². The fourth-order valence-electron chi connectivity index (χ4n) is 2.70. The molecule has 0 bridgehead atoms. The predicted molar refractivity (Wildman–Crippen MR) is 77.7 cm³/mol. The summed E-state index contributed by atoms with van der Waals surface area (Å²) >= 11 is 0. The molecule has 1 aliphatic heterocycles. The maximum atomic E-state index is 3.64. The van der Waals surface area contributed by atoms with E-state index in [1.807, 2.05) is 0 Å². The van der Waals surface area contributed by atoms with Gasteiger partial charge in [0, 0.05) is 12.6 Å². The van der Waals surface area contributed by atoms with Crippen LogP contribution in [0.5, 0.6) is 0 Å². The lowest BCUT2D eigenvalue weighted by Crippen LogP contribution is -2.37. The lowest BCUT2D eigenvalue weighted by Gasteiger charge is -2.27. The average Bonchev–Trinajstić information content (AvgIpc) is 2.45. The van der Waals surface area contributed by atoms with Crippen LogP contribution in [0.25, 0.3) is 0 Å². The molecule has 2 rings (SSSR count). The van der Waals surface area contributed by atoms with Crippen molar-refractivity contribution in [1.29, 1.82) is 0 Å². The first kappa shape index (κ1) is 13.6. The number of nitrogens with one attached hydrogen (secondary N) is 1. The molecule has 2 heteroatoms. The molecule has 1 atom stereocenters. The first-order valence-electron chi connectivity index (χ1n) is 7.38. The molecule has 1 saturated heterocycles. The van der Waals surface area contributed by atoms with Gasteiger partial charge in [-0.3, -0.25) is 4.90 Å². The molecule has 1 N–H and O–H groups in total. The highest BCUT2D eigenvalue weighted by molar-refractivity contribution is 5.14. The van der Waals surface area contributed by atoms with Gasteiger partial charge in [-0.15, -0.1) is 0 Å². The van der Waals surface area contributed by atoms with Gasteiger partial charge < -0.3 is 5.32 Å². The Morgan fingerprint density at radius 1 is 1.22 bits per heavy atom. The molecule has 1 heterocycles. The lowest BCUT2D eigenvalue weighted by molar-refractivity contribution is 0.249. The monoisotopic (exact) mass is 246 g/mol. The number of hydrogen-bond donors (Lipinski definition) is 1. The number of piperidine rings is 1. The fourth-order valence-corrected chi connectivity index (χ4v) is 2.70. The summed E-state index contributed by atoms with van der Waals surface area (Å²) in [5.74, 6) is 0. The van der Waals surface area contributed by atoms with Crippen molar-refractivity contribution >= 4 is 0 Å². The van der Waals surface area contributed by atoms with Gasteiger partial charge in [-0.25, -0.2) is 0 Å². The van der Waals surface area contributed by atoms with Gasteiger partial charge in [0.05, 0.1) is 0 Å². The fraction of sp³-hybridized carbons (Fsp3) is 0.625. The van der Waals surface area contributed by atoms with E-state index in [4.69, 9.17) is 0 Å². The Labute approximate surface area is 111 Å². The molecular weight excluding hydrogens is 220 g/mol. The topological polar surface area (TPSA) is 15.3 Å². The second-order valence-electron chi connectivity index (χ2n) is 5.29. The molecule has 18 heavy (non-hydrogen) atoms. The van der Waals surface area contributed by atoms with Crippen LogP contribution in [0.4, 0.5) is 0 Å². The first-order valence-corrected chi connectivity index (χ1v) is 7.38. The summed E-state index contributed by atoms with van der Waals surface area (Å²) < 4.78 is 0.